The molecule has 0 radical (unpaired) electrons. The quantitative estimate of drug-likeness (QED) is 0.604. The van der Waals surface area contributed by atoms with Crippen LogP contribution in [0.2, 0.25) is 5.02 Å². The van der Waals surface area contributed by atoms with Crippen LogP contribution in [0.25, 0.3) is 10.9 Å². The zero-order chi connectivity index (χ0) is 12.6. The van der Waals surface area contributed by atoms with E-state index in [0.29, 0.717) is 27.2 Å². The van der Waals surface area contributed by atoms with Crippen LogP contribution in [0.15, 0.2) is 18.2 Å². The highest BCUT2D eigenvalue weighted by Crippen LogP contribution is 2.25. The fourth-order valence-electron chi connectivity index (χ4n) is 1.83. The Kier molecular flexibility index (Phi) is 3.00. The summed E-state index contributed by atoms with van der Waals surface area (Å²) >= 11 is 5.96. The Bertz CT molecular complexity index is 611. The number of pyridine rings is 1. The Balaban J connectivity index is 2.87. The summed E-state index contributed by atoms with van der Waals surface area (Å²) in [5.74, 6) is -0.567. The van der Waals surface area contributed by atoms with E-state index >= 15 is 0 Å². The van der Waals surface area contributed by atoms with Crippen molar-refractivity contribution in [3.63, 3.8) is 0 Å². The van der Waals surface area contributed by atoms with Gasteiger partial charge in [-0.25, -0.2) is 5.48 Å². The van der Waals surface area contributed by atoms with Crippen LogP contribution in [0.1, 0.15) is 21.6 Å². The zero-order valence-corrected chi connectivity index (χ0v) is 10.2. The van der Waals surface area contributed by atoms with Crippen LogP contribution in [0.4, 0.5) is 0 Å². The lowest BCUT2D eigenvalue weighted by Gasteiger charge is -2.08. The summed E-state index contributed by atoms with van der Waals surface area (Å²) in [4.78, 5) is 15.9. The molecular formula is C12H11ClN2O2. The fourth-order valence-corrected chi connectivity index (χ4v) is 2.11. The Morgan fingerprint density at radius 2 is 2.06 bits per heavy atom. The molecule has 0 saturated heterocycles. The standard InChI is InChI=1S/C12H11ClN2O2/c1-6-3-8(13)5-9-10(12(16)15-17)4-7(2)14-11(6)9/h3-5,17H,1-2H3,(H,15,16). The predicted octanol–water partition coefficient (Wildman–Crippen LogP) is 2.62. The van der Waals surface area contributed by atoms with Gasteiger partial charge in [-0.3, -0.25) is 15.0 Å². The third-order valence-corrected chi connectivity index (χ3v) is 2.76. The van der Waals surface area contributed by atoms with Gasteiger partial charge in [-0.05, 0) is 37.6 Å². The second kappa shape index (κ2) is 4.31. The molecule has 2 rings (SSSR count). The average Bonchev–Trinajstić information content (AvgIpc) is 2.28. The highest BCUT2D eigenvalue weighted by atomic mass is 35.5. The summed E-state index contributed by atoms with van der Waals surface area (Å²) in [6.45, 7) is 3.67. The maximum atomic E-state index is 11.6. The topological polar surface area (TPSA) is 62.2 Å². The van der Waals surface area contributed by atoms with Crippen LogP contribution in [0.5, 0.6) is 0 Å². The summed E-state index contributed by atoms with van der Waals surface area (Å²) in [7, 11) is 0. The maximum Gasteiger partial charge on any atom is 0.275 e. The smallest absolute Gasteiger partial charge is 0.275 e. The van der Waals surface area contributed by atoms with Gasteiger partial charge in [0.05, 0.1) is 11.1 Å². The minimum atomic E-state index is -0.567. The highest BCUT2D eigenvalue weighted by molar-refractivity contribution is 6.31. The van der Waals surface area contributed by atoms with Crippen molar-refractivity contribution >= 4 is 28.4 Å². The molecule has 1 aromatic carbocycles. The number of benzene rings is 1. The minimum Gasteiger partial charge on any atom is -0.288 e. The molecule has 4 nitrogen and oxygen atoms in total. The number of carbonyl (C=O) groups is 1. The number of hydroxylamine groups is 1. The van der Waals surface area contributed by atoms with E-state index in [1.54, 1.807) is 30.6 Å². The van der Waals surface area contributed by atoms with Gasteiger partial charge in [0.1, 0.15) is 0 Å². The van der Waals surface area contributed by atoms with E-state index in [1.165, 1.54) is 0 Å². The largest absolute Gasteiger partial charge is 0.288 e. The number of nitrogens with zero attached hydrogens (tertiary/aromatic N) is 1. The molecule has 2 N–H and O–H groups in total. The highest BCUT2D eigenvalue weighted by Gasteiger charge is 2.13. The molecule has 5 heteroatoms. The first-order valence-electron chi connectivity index (χ1n) is 5.05. The number of aryl methyl sites for hydroxylation is 2. The zero-order valence-electron chi connectivity index (χ0n) is 9.41. The van der Waals surface area contributed by atoms with Crippen molar-refractivity contribution in [1.82, 2.24) is 10.5 Å². The SMILES string of the molecule is Cc1cc(C(=O)NO)c2cc(Cl)cc(C)c2n1. The Hall–Kier alpha value is -1.65. The van der Waals surface area contributed by atoms with Crippen molar-refractivity contribution < 1.29 is 10.0 Å². The maximum absolute atomic E-state index is 11.6. The monoisotopic (exact) mass is 250 g/mol. The van der Waals surface area contributed by atoms with Crippen LogP contribution in [0, 0.1) is 13.8 Å². The van der Waals surface area contributed by atoms with E-state index in [4.69, 9.17) is 16.8 Å². The minimum absolute atomic E-state index is 0.362. The fraction of sp³-hybridized carbons (Fsp3) is 0.167. The molecule has 0 fully saturated rings. The van der Waals surface area contributed by atoms with Crippen molar-refractivity contribution in [1.29, 1.82) is 0 Å². The molecule has 17 heavy (non-hydrogen) atoms. The summed E-state index contributed by atoms with van der Waals surface area (Å²) < 4.78 is 0. The first-order chi connectivity index (χ1) is 8.02. The van der Waals surface area contributed by atoms with Crippen LogP contribution in [-0.2, 0) is 0 Å². The van der Waals surface area contributed by atoms with Gasteiger partial charge in [0.25, 0.3) is 5.91 Å². The number of hydrogen-bond acceptors (Lipinski definition) is 3. The molecule has 0 bridgehead atoms. The first-order valence-corrected chi connectivity index (χ1v) is 5.42. The average molecular weight is 251 g/mol. The van der Waals surface area contributed by atoms with Crippen molar-refractivity contribution in [2.75, 3.05) is 0 Å². The van der Waals surface area contributed by atoms with Crippen molar-refractivity contribution in [2.45, 2.75) is 13.8 Å². The lowest BCUT2D eigenvalue weighted by molar-refractivity contribution is 0.0708. The molecule has 0 aliphatic heterocycles. The van der Waals surface area contributed by atoms with Gasteiger partial charge in [0.15, 0.2) is 0 Å². The molecule has 0 saturated carbocycles. The van der Waals surface area contributed by atoms with Gasteiger partial charge < -0.3 is 0 Å². The number of nitrogens with one attached hydrogen (secondary N) is 1. The van der Waals surface area contributed by atoms with E-state index in [1.807, 2.05) is 6.92 Å². The molecule has 2 aromatic rings. The number of fused-ring (bicyclic) bond motifs is 1. The van der Waals surface area contributed by atoms with E-state index in [-0.39, 0.29) is 0 Å². The predicted molar refractivity (Wildman–Crippen MR) is 65.5 cm³/mol. The molecule has 0 spiro atoms. The Morgan fingerprint density at radius 1 is 1.35 bits per heavy atom. The Morgan fingerprint density at radius 3 is 2.71 bits per heavy atom. The van der Waals surface area contributed by atoms with Crippen LogP contribution in [-0.4, -0.2) is 16.1 Å². The summed E-state index contributed by atoms with van der Waals surface area (Å²) in [5.41, 5.74) is 4.31. The number of amides is 1. The van der Waals surface area contributed by atoms with Gasteiger partial charge >= 0.3 is 0 Å². The summed E-state index contributed by atoms with van der Waals surface area (Å²) in [6.07, 6.45) is 0. The van der Waals surface area contributed by atoms with Gasteiger partial charge in [0.2, 0.25) is 0 Å². The lowest BCUT2D eigenvalue weighted by Crippen LogP contribution is -2.19. The Labute approximate surface area is 103 Å². The van der Waals surface area contributed by atoms with Gasteiger partial charge in [0, 0.05) is 16.1 Å². The van der Waals surface area contributed by atoms with Gasteiger partial charge in [-0.2, -0.15) is 0 Å². The molecule has 88 valence electrons. The second-order valence-corrected chi connectivity index (χ2v) is 4.31. The normalized spacial score (nSPS) is 10.6. The molecule has 0 aliphatic rings. The third kappa shape index (κ3) is 2.09. The van der Waals surface area contributed by atoms with E-state index in [2.05, 4.69) is 4.98 Å². The third-order valence-electron chi connectivity index (χ3n) is 2.54. The van der Waals surface area contributed by atoms with Crippen molar-refractivity contribution in [3.05, 3.63) is 40.0 Å². The van der Waals surface area contributed by atoms with Gasteiger partial charge in [-0.1, -0.05) is 11.6 Å². The van der Waals surface area contributed by atoms with E-state index < -0.39 is 5.91 Å². The molecule has 0 atom stereocenters. The summed E-state index contributed by atoms with van der Waals surface area (Å²) in [6, 6.07) is 5.07. The number of hydrogen-bond donors (Lipinski definition) is 2. The molecule has 1 amide bonds. The number of carbonyl (C=O) groups excluding carboxylic acids is 1. The molecule has 0 unspecified atom stereocenters. The van der Waals surface area contributed by atoms with Crippen LogP contribution >= 0.6 is 11.6 Å². The van der Waals surface area contributed by atoms with Gasteiger partial charge in [-0.15, -0.1) is 0 Å². The molecule has 1 aromatic heterocycles. The molecular weight excluding hydrogens is 240 g/mol. The lowest BCUT2D eigenvalue weighted by atomic mass is 10.0. The number of halogens is 1. The molecule has 0 aliphatic carbocycles. The van der Waals surface area contributed by atoms with Crippen molar-refractivity contribution in [3.8, 4) is 0 Å². The number of rotatable bonds is 1. The van der Waals surface area contributed by atoms with Crippen molar-refractivity contribution in [2.24, 2.45) is 0 Å². The number of aromatic nitrogens is 1. The van der Waals surface area contributed by atoms with Crippen LogP contribution in [0.3, 0.4) is 0 Å². The van der Waals surface area contributed by atoms with E-state index in [9.17, 15) is 4.79 Å². The summed E-state index contributed by atoms with van der Waals surface area (Å²) in [5, 5.41) is 9.89. The van der Waals surface area contributed by atoms with Crippen LogP contribution < -0.4 is 5.48 Å². The van der Waals surface area contributed by atoms with E-state index in [0.717, 1.165) is 5.56 Å². The second-order valence-electron chi connectivity index (χ2n) is 3.87. The first kappa shape index (κ1) is 11.8. The molecule has 1 heterocycles.